The van der Waals surface area contributed by atoms with Crippen LogP contribution >= 0.6 is 0 Å². The Hall–Kier alpha value is -3.80. The van der Waals surface area contributed by atoms with Crippen LogP contribution in [0.3, 0.4) is 0 Å². The molecule has 6 heteroatoms. The maximum atomic E-state index is 12.7. The maximum Gasteiger partial charge on any atom is 0.272 e. The minimum atomic E-state index is -0.318. The summed E-state index contributed by atoms with van der Waals surface area (Å²) in [6.07, 6.45) is 6.38. The van der Waals surface area contributed by atoms with E-state index in [2.05, 4.69) is 20.5 Å². The largest absolute Gasteiger partial charge is 0.463 e. The molecular formula is C20H14N4O2. The van der Waals surface area contributed by atoms with Crippen molar-refractivity contribution in [2.24, 2.45) is 5.10 Å². The van der Waals surface area contributed by atoms with E-state index >= 15 is 0 Å². The van der Waals surface area contributed by atoms with Crippen LogP contribution in [0.2, 0.25) is 0 Å². The van der Waals surface area contributed by atoms with E-state index in [0.717, 1.165) is 16.5 Å². The molecule has 0 radical (unpaired) electrons. The first kappa shape index (κ1) is 15.7. The number of furan rings is 1. The highest BCUT2D eigenvalue weighted by molar-refractivity contribution is 6.07. The van der Waals surface area contributed by atoms with Crippen molar-refractivity contribution in [2.75, 3.05) is 0 Å². The molecule has 1 N–H and O–H groups in total. The van der Waals surface area contributed by atoms with E-state index in [9.17, 15) is 4.79 Å². The van der Waals surface area contributed by atoms with Crippen LogP contribution in [0.1, 0.15) is 16.1 Å². The van der Waals surface area contributed by atoms with Crippen LogP contribution in [0, 0.1) is 0 Å². The van der Waals surface area contributed by atoms with E-state index in [1.165, 1.54) is 6.21 Å². The van der Waals surface area contributed by atoms with Crippen LogP contribution in [-0.4, -0.2) is 22.1 Å². The van der Waals surface area contributed by atoms with Crippen LogP contribution in [0.15, 0.2) is 82.8 Å². The maximum absolute atomic E-state index is 12.7. The Bertz CT molecular complexity index is 1070. The molecule has 0 fully saturated rings. The summed E-state index contributed by atoms with van der Waals surface area (Å²) in [6.45, 7) is 0. The number of para-hydroxylation sites is 1. The number of aromatic nitrogens is 2. The van der Waals surface area contributed by atoms with E-state index in [1.807, 2.05) is 36.4 Å². The summed E-state index contributed by atoms with van der Waals surface area (Å²) < 4.78 is 5.15. The summed E-state index contributed by atoms with van der Waals surface area (Å²) in [5, 5.41) is 4.71. The van der Waals surface area contributed by atoms with Gasteiger partial charge in [-0.15, -0.1) is 0 Å². The summed E-state index contributed by atoms with van der Waals surface area (Å²) in [6, 6.07) is 16.5. The van der Waals surface area contributed by atoms with Crippen LogP contribution in [0.25, 0.3) is 22.2 Å². The molecule has 1 aromatic carbocycles. The molecule has 26 heavy (non-hydrogen) atoms. The van der Waals surface area contributed by atoms with Crippen molar-refractivity contribution in [3.63, 3.8) is 0 Å². The van der Waals surface area contributed by atoms with Gasteiger partial charge in [-0.2, -0.15) is 5.10 Å². The Kier molecular flexibility index (Phi) is 4.22. The number of hydrazone groups is 1. The highest BCUT2D eigenvalue weighted by Gasteiger charge is 2.13. The number of carbonyl (C=O) groups is 1. The number of hydrogen-bond acceptors (Lipinski definition) is 5. The SMILES string of the molecule is O=C(N/N=C\c1ccco1)c1cc(-c2ccncc2)nc2ccccc12. The molecule has 0 aliphatic carbocycles. The predicted octanol–water partition coefficient (Wildman–Crippen LogP) is 3.65. The van der Waals surface area contributed by atoms with Crippen molar-refractivity contribution in [1.82, 2.24) is 15.4 Å². The number of nitrogens with one attached hydrogen (secondary N) is 1. The molecule has 4 aromatic rings. The Morgan fingerprint density at radius 1 is 1.08 bits per heavy atom. The third-order valence-electron chi connectivity index (χ3n) is 3.84. The molecule has 3 heterocycles. The first-order chi connectivity index (χ1) is 12.8. The molecule has 0 saturated heterocycles. The van der Waals surface area contributed by atoms with Gasteiger partial charge in [0.25, 0.3) is 5.91 Å². The number of benzene rings is 1. The lowest BCUT2D eigenvalue weighted by atomic mass is 10.0. The summed E-state index contributed by atoms with van der Waals surface area (Å²) in [5.74, 6) is 0.240. The summed E-state index contributed by atoms with van der Waals surface area (Å²) >= 11 is 0. The number of fused-ring (bicyclic) bond motifs is 1. The van der Waals surface area contributed by atoms with Crippen LogP contribution in [-0.2, 0) is 0 Å². The normalized spacial score (nSPS) is 11.1. The molecule has 6 nitrogen and oxygen atoms in total. The van der Waals surface area contributed by atoms with Crippen LogP contribution < -0.4 is 5.43 Å². The molecule has 0 unspecified atom stereocenters. The molecule has 1 amide bonds. The Morgan fingerprint density at radius 3 is 2.73 bits per heavy atom. The Balaban J connectivity index is 1.72. The van der Waals surface area contributed by atoms with Gasteiger partial charge in [-0.1, -0.05) is 18.2 Å². The number of rotatable bonds is 4. The van der Waals surface area contributed by atoms with Crippen molar-refractivity contribution in [3.05, 3.63) is 84.6 Å². The number of carbonyl (C=O) groups excluding carboxylic acids is 1. The number of pyridine rings is 2. The standard InChI is InChI=1S/C20H14N4O2/c25-20(24-22-13-15-4-3-11-26-15)17-12-19(14-7-9-21-10-8-14)23-18-6-2-1-5-16(17)18/h1-13H,(H,24,25)/b22-13-. The van der Waals surface area contributed by atoms with Gasteiger partial charge in [0.05, 0.1) is 29.3 Å². The zero-order chi connectivity index (χ0) is 17.8. The molecule has 0 aliphatic heterocycles. The van der Waals surface area contributed by atoms with E-state index < -0.39 is 0 Å². The fourth-order valence-electron chi connectivity index (χ4n) is 2.61. The molecule has 0 aliphatic rings. The first-order valence-corrected chi connectivity index (χ1v) is 7.98. The topological polar surface area (TPSA) is 80.4 Å². The minimum absolute atomic E-state index is 0.318. The zero-order valence-corrected chi connectivity index (χ0v) is 13.7. The highest BCUT2D eigenvalue weighted by Crippen LogP contribution is 2.24. The van der Waals surface area contributed by atoms with Gasteiger partial charge >= 0.3 is 0 Å². The summed E-state index contributed by atoms with van der Waals surface area (Å²) in [5.41, 5.74) is 5.36. The van der Waals surface area contributed by atoms with Crippen molar-refractivity contribution >= 4 is 23.0 Å². The van der Waals surface area contributed by atoms with Crippen LogP contribution in [0.4, 0.5) is 0 Å². The Labute approximate surface area is 149 Å². The Morgan fingerprint density at radius 2 is 1.92 bits per heavy atom. The zero-order valence-electron chi connectivity index (χ0n) is 13.7. The van der Waals surface area contributed by atoms with Crippen LogP contribution in [0.5, 0.6) is 0 Å². The molecule has 3 aromatic heterocycles. The van der Waals surface area contributed by atoms with E-state index in [1.54, 1.807) is 36.9 Å². The molecule has 0 bridgehead atoms. The van der Waals surface area contributed by atoms with Crippen molar-refractivity contribution in [3.8, 4) is 11.3 Å². The quantitative estimate of drug-likeness (QED) is 0.453. The third-order valence-corrected chi connectivity index (χ3v) is 3.84. The average molecular weight is 342 g/mol. The predicted molar refractivity (Wildman–Crippen MR) is 98.7 cm³/mol. The van der Waals surface area contributed by atoms with Gasteiger partial charge in [0.15, 0.2) is 0 Å². The number of hydrogen-bond donors (Lipinski definition) is 1. The van der Waals surface area contributed by atoms with Gasteiger partial charge in [-0.25, -0.2) is 10.4 Å². The van der Waals surface area contributed by atoms with Gasteiger partial charge in [-0.05, 0) is 36.4 Å². The fourth-order valence-corrected chi connectivity index (χ4v) is 2.61. The lowest BCUT2D eigenvalue weighted by molar-refractivity contribution is 0.0956. The fraction of sp³-hybridized carbons (Fsp3) is 0. The summed E-state index contributed by atoms with van der Waals surface area (Å²) in [4.78, 5) is 21.3. The van der Waals surface area contributed by atoms with Gasteiger partial charge < -0.3 is 4.42 Å². The number of amides is 1. The molecule has 0 atom stereocenters. The van der Waals surface area contributed by atoms with E-state index in [4.69, 9.17) is 4.42 Å². The van der Waals surface area contributed by atoms with Crippen molar-refractivity contribution in [1.29, 1.82) is 0 Å². The third kappa shape index (κ3) is 3.21. The van der Waals surface area contributed by atoms with Gasteiger partial charge in [0.1, 0.15) is 5.76 Å². The lowest BCUT2D eigenvalue weighted by Crippen LogP contribution is -2.18. The lowest BCUT2D eigenvalue weighted by Gasteiger charge is -2.08. The van der Waals surface area contributed by atoms with Crippen molar-refractivity contribution in [2.45, 2.75) is 0 Å². The molecule has 126 valence electrons. The monoisotopic (exact) mass is 342 g/mol. The van der Waals surface area contributed by atoms with Gasteiger partial charge in [0, 0.05) is 23.3 Å². The average Bonchev–Trinajstić information content (AvgIpc) is 3.21. The second-order valence-electron chi connectivity index (χ2n) is 5.52. The highest BCUT2D eigenvalue weighted by atomic mass is 16.3. The number of nitrogens with zero attached hydrogens (tertiary/aromatic N) is 3. The molecule has 0 spiro atoms. The molecule has 4 rings (SSSR count). The van der Waals surface area contributed by atoms with E-state index in [-0.39, 0.29) is 5.91 Å². The summed E-state index contributed by atoms with van der Waals surface area (Å²) in [7, 11) is 0. The smallest absolute Gasteiger partial charge is 0.272 e. The molecule has 0 saturated carbocycles. The molecular weight excluding hydrogens is 328 g/mol. The first-order valence-electron chi connectivity index (χ1n) is 7.98. The van der Waals surface area contributed by atoms with Gasteiger partial charge in [-0.3, -0.25) is 9.78 Å². The van der Waals surface area contributed by atoms with E-state index in [0.29, 0.717) is 17.0 Å². The second-order valence-corrected chi connectivity index (χ2v) is 5.52. The van der Waals surface area contributed by atoms with Crippen molar-refractivity contribution < 1.29 is 9.21 Å². The van der Waals surface area contributed by atoms with Gasteiger partial charge in [0.2, 0.25) is 0 Å². The second kappa shape index (κ2) is 6.98. The minimum Gasteiger partial charge on any atom is -0.463 e.